The zero-order valence-electron chi connectivity index (χ0n) is 14.2. The number of hydrogen-bond donors (Lipinski definition) is 0. The van der Waals surface area contributed by atoms with E-state index in [1.165, 1.54) is 6.42 Å². The first-order valence-corrected chi connectivity index (χ1v) is 8.77. The molecule has 1 aromatic carbocycles. The monoisotopic (exact) mass is 331 g/mol. The normalized spacial score (nSPS) is 23.5. The summed E-state index contributed by atoms with van der Waals surface area (Å²) in [5.74, 6) is 0.715. The van der Waals surface area contributed by atoms with Gasteiger partial charge in [-0.05, 0) is 25.0 Å². The van der Waals surface area contributed by atoms with Crippen molar-refractivity contribution in [3.05, 3.63) is 29.8 Å². The Kier molecular flexibility index (Phi) is 5.51. The lowest BCUT2D eigenvalue weighted by molar-refractivity contribution is -0.149. The molecule has 1 saturated carbocycles. The fraction of sp³-hybridized carbons (Fsp3) is 0.579. The van der Waals surface area contributed by atoms with Gasteiger partial charge in [-0.25, -0.2) is 0 Å². The number of Topliss-reactive ketones (excluding diaryl/α,β-unsaturated/α-hetero) is 1. The molecule has 1 aromatic rings. The molecule has 0 spiro atoms. The summed E-state index contributed by atoms with van der Waals surface area (Å²) in [6.45, 7) is 1.25. The minimum Gasteiger partial charge on any atom is -0.497 e. The van der Waals surface area contributed by atoms with Crippen molar-refractivity contribution < 1.29 is 19.1 Å². The Hall–Kier alpha value is -1.88. The number of rotatable bonds is 5. The van der Waals surface area contributed by atoms with Crippen molar-refractivity contribution in [2.75, 3.05) is 20.3 Å². The third-order valence-corrected chi connectivity index (χ3v) is 5.01. The van der Waals surface area contributed by atoms with Gasteiger partial charge >= 0.3 is 0 Å². The number of ketones is 1. The van der Waals surface area contributed by atoms with Gasteiger partial charge in [-0.15, -0.1) is 0 Å². The lowest BCUT2D eigenvalue weighted by Gasteiger charge is -2.43. The summed E-state index contributed by atoms with van der Waals surface area (Å²) in [6, 6.07) is 7.29. The van der Waals surface area contributed by atoms with Crippen LogP contribution >= 0.6 is 0 Å². The number of nitrogens with zero attached hydrogens (tertiary/aromatic N) is 1. The first-order valence-electron chi connectivity index (χ1n) is 8.77. The van der Waals surface area contributed by atoms with Crippen LogP contribution in [0.4, 0.5) is 0 Å². The van der Waals surface area contributed by atoms with Crippen LogP contribution in [0, 0.1) is 0 Å². The molecule has 3 rings (SSSR count). The summed E-state index contributed by atoms with van der Waals surface area (Å²) >= 11 is 0. The highest BCUT2D eigenvalue weighted by molar-refractivity contribution is 5.98. The van der Waals surface area contributed by atoms with Gasteiger partial charge in [-0.3, -0.25) is 9.59 Å². The standard InChI is InChI=1S/C19H25NO4/c1-23-15-6-4-5-14(13-15)17(21)9-10-19(22)20-11-12-24-18-8-3-2-7-16(18)20/h4-6,13,16,18H,2-3,7-12H2,1H3. The molecule has 0 bridgehead atoms. The van der Waals surface area contributed by atoms with Gasteiger partial charge in [-0.1, -0.05) is 25.0 Å². The van der Waals surface area contributed by atoms with Crippen molar-refractivity contribution in [3.8, 4) is 5.75 Å². The maximum Gasteiger partial charge on any atom is 0.223 e. The van der Waals surface area contributed by atoms with Crippen LogP contribution < -0.4 is 4.74 Å². The molecule has 24 heavy (non-hydrogen) atoms. The van der Waals surface area contributed by atoms with E-state index in [-0.39, 0.29) is 36.7 Å². The summed E-state index contributed by atoms with van der Waals surface area (Å²) < 4.78 is 11.0. The predicted molar refractivity (Wildman–Crippen MR) is 90.3 cm³/mol. The minimum atomic E-state index is -0.0179. The number of hydrogen-bond acceptors (Lipinski definition) is 4. The Morgan fingerprint density at radius 3 is 2.92 bits per heavy atom. The number of carbonyl (C=O) groups is 2. The highest BCUT2D eigenvalue weighted by atomic mass is 16.5. The Balaban J connectivity index is 1.57. The van der Waals surface area contributed by atoms with Crippen molar-refractivity contribution in [2.45, 2.75) is 50.7 Å². The molecule has 5 heteroatoms. The molecule has 130 valence electrons. The van der Waals surface area contributed by atoms with Crippen LogP contribution in [0.15, 0.2) is 24.3 Å². The van der Waals surface area contributed by atoms with E-state index in [4.69, 9.17) is 9.47 Å². The van der Waals surface area contributed by atoms with E-state index in [9.17, 15) is 9.59 Å². The van der Waals surface area contributed by atoms with Gasteiger partial charge in [0.05, 0.1) is 25.9 Å². The minimum absolute atomic E-state index is 0.0179. The molecule has 2 unspecified atom stereocenters. The van der Waals surface area contributed by atoms with E-state index < -0.39 is 0 Å². The summed E-state index contributed by atoms with van der Waals surface area (Å²) in [6.07, 6.45) is 5.07. The number of fused-ring (bicyclic) bond motifs is 1. The number of amides is 1. The maximum atomic E-state index is 12.6. The van der Waals surface area contributed by atoms with Crippen LogP contribution in [0.5, 0.6) is 5.75 Å². The lowest BCUT2D eigenvalue weighted by Crippen LogP contribution is -2.54. The molecule has 0 radical (unpaired) electrons. The Morgan fingerprint density at radius 2 is 2.08 bits per heavy atom. The van der Waals surface area contributed by atoms with Gasteiger partial charge in [0, 0.05) is 24.9 Å². The molecule has 2 fully saturated rings. The second-order valence-electron chi connectivity index (χ2n) is 6.50. The molecule has 1 aliphatic carbocycles. The molecule has 1 aliphatic heterocycles. The summed E-state index contributed by atoms with van der Waals surface area (Å²) in [5, 5.41) is 0. The Labute approximate surface area is 142 Å². The number of methoxy groups -OCH3 is 1. The van der Waals surface area contributed by atoms with E-state index >= 15 is 0 Å². The molecule has 2 atom stereocenters. The van der Waals surface area contributed by atoms with Gasteiger partial charge in [0.25, 0.3) is 0 Å². The average Bonchev–Trinajstić information content (AvgIpc) is 2.65. The molecular weight excluding hydrogens is 306 g/mol. The van der Waals surface area contributed by atoms with E-state index in [1.54, 1.807) is 31.4 Å². The molecule has 1 heterocycles. The second-order valence-corrected chi connectivity index (χ2v) is 6.50. The average molecular weight is 331 g/mol. The highest BCUT2D eigenvalue weighted by Gasteiger charge is 2.36. The van der Waals surface area contributed by atoms with Crippen molar-refractivity contribution in [2.24, 2.45) is 0 Å². The van der Waals surface area contributed by atoms with Gasteiger partial charge < -0.3 is 14.4 Å². The van der Waals surface area contributed by atoms with Crippen molar-refractivity contribution in [1.29, 1.82) is 0 Å². The molecular formula is C19H25NO4. The quantitative estimate of drug-likeness (QED) is 0.779. The van der Waals surface area contributed by atoms with E-state index in [1.807, 2.05) is 4.90 Å². The van der Waals surface area contributed by atoms with Crippen molar-refractivity contribution >= 4 is 11.7 Å². The molecule has 2 aliphatic rings. The highest BCUT2D eigenvalue weighted by Crippen LogP contribution is 2.29. The summed E-state index contributed by atoms with van der Waals surface area (Å²) in [7, 11) is 1.58. The number of carbonyl (C=O) groups excluding carboxylic acids is 2. The van der Waals surface area contributed by atoms with E-state index in [0.717, 1.165) is 19.3 Å². The zero-order chi connectivity index (χ0) is 16.9. The van der Waals surface area contributed by atoms with Crippen LogP contribution in [-0.4, -0.2) is 49.0 Å². The second kappa shape index (κ2) is 7.79. The van der Waals surface area contributed by atoms with Crippen LogP contribution in [0.1, 0.15) is 48.9 Å². The summed E-state index contributed by atoms with van der Waals surface area (Å²) in [5.41, 5.74) is 0.597. The van der Waals surface area contributed by atoms with Crippen molar-refractivity contribution in [1.82, 2.24) is 4.90 Å². The van der Waals surface area contributed by atoms with Crippen molar-refractivity contribution in [3.63, 3.8) is 0 Å². The fourth-order valence-electron chi connectivity index (χ4n) is 3.71. The Bertz CT molecular complexity index is 599. The first-order chi connectivity index (χ1) is 11.7. The fourth-order valence-corrected chi connectivity index (χ4v) is 3.71. The van der Waals surface area contributed by atoms with Crippen LogP contribution in [0.25, 0.3) is 0 Å². The summed E-state index contributed by atoms with van der Waals surface area (Å²) in [4.78, 5) is 26.9. The Morgan fingerprint density at radius 1 is 1.25 bits per heavy atom. The zero-order valence-corrected chi connectivity index (χ0v) is 14.2. The number of morpholine rings is 1. The lowest BCUT2D eigenvalue weighted by atomic mass is 9.90. The number of ether oxygens (including phenoxy) is 2. The van der Waals surface area contributed by atoms with Gasteiger partial charge in [0.15, 0.2) is 5.78 Å². The van der Waals surface area contributed by atoms with Crippen LogP contribution in [0.2, 0.25) is 0 Å². The van der Waals surface area contributed by atoms with Gasteiger partial charge in [-0.2, -0.15) is 0 Å². The number of benzene rings is 1. The molecule has 1 saturated heterocycles. The molecule has 0 aromatic heterocycles. The topological polar surface area (TPSA) is 55.8 Å². The first kappa shape index (κ1) is 17.0. The predicted octanol–water partition coefficient (Wildman–Crippen LogP) is 2.83. The third kappa shape index (κ3) is 3.78. The van der Waals surface area contributed by atoms with Crippen LogP contribution in [0.3, 0.4) is 0 Å². The van der Waals surface area contributed by atoms with Gasteiger partial charge in [0.2, 0.25) is 5.91 Å². The van der Waals surface area contributed by atoms with Crippen LogP contribution in [-0.2, 0) is 9.53 Å². The van der Waals surface area contributed by atoms with E-state index in [2.05, 4.69) is 0 Å². The molecule has 0 N–H and O–H groups in total. The smallest absolute Gasteiger partial charge is 0.223 e. The third-order valence-electron chi connectivity index (χ3n) is 5.01. The van der Waals surface area contributed by atoms with E-state index in [0.29, 0.717) is 24.5 Å². The SMILES string of the molecule is COc1cccc(C(=O)CCC(=O)N2CCOC3CCCCC32)c1. The molecule has 1 amide bonds. The molecule has 5 nitrogen and oxygen atoms in total. The van der Waals surface area contributed by atoms with Gasteiger partial charge in [0.1, 0.15) is 5.75 Å². The largest absolute Gasteiger partial charge is 0.497 e. The maximum absolute atomic E-state index is 12.6.